The van der Waals surface area contributed by atoms with E-state index in [-0.39, 0.29) is 29.5 Å². The molecule has 3 rings (SSSR count). The molecule has 144 valence electrons. The van der Waals surface area contributed by atoms with E-state index in [2.05, 4.69) is 9.73 Å². The van der Waals surface area contributed by atoms with Crippen LogP contribution in [0.5, 0.6) is 11.5 Å². The molecule has 0 radical (unpaired) electrons. The monoisotopic (exact) mass is 388 g/mol. The fourth-order valence-electron chi connectivity index (χ4n) is 2.34. The lowest BCUT2D eigenvalue weighted by Gasteiger charge is -2.08. The lowest BCUT2D eigenvalue weighted by molar-refractivity contribution is -0.130. The van der Waals surface area contributed by atoms with Crippen molar-refractivity contribution < 1.29 is 32.6 Å². The molecule has 0 unspecified atom stereocenters. The van der Waals surface area contributed by atoms with Gasteiger partial charge in [-0.3, -0.25) is 4.79 Å². The summed E-state index contributed by atoms with van der Waals surface area (Å²) in [6, 6.07) is 12.3. The molecule has 0 spiro atoms. The van der Waals surface area contributed by atoms with Crippen molar-refractivity contribution in [1.82, 2.24) is 0 Å². The number of ether oxygens (including phenoxy) is 3. The number of rotatable bonds is 7. The summed E-state index contributed by atoms with van der Waals surface area (Å²) >= 11 is 0. The Morgan fingerprint density at radius 1 is 1.18 bits per heavy atom. The van der Waals surface area contributed by atoms with Crippen molar-refractivity contribution in [3.63, 3.8) is 0 Å². The van der Waals surface area contributed by atoms with Crippen molar-refractivity contribution in [3.05, 3.63) is 65.4 Å². The molecule has 1 amide bonds. The number of aliphatic imine (C=N–C) groups is 1. The van der Waals surface area contributed by atoms with Crippen molar-refractivity contribution in [2.75, 3.05) is 6.61 Å². The van der Waals surface area contributed by atoms with Crippen LogP contribution in [0.2, 0.25) is 0 Å². The van der Waals surface area contributed by atoms with E-state index in [0.29, 0.717) is 11.3 Å². The molecular formula is C19H14F2N2O5. The minimum absolute atomic E-state index is 0.00680. The zero-order valence-electron chi connectivity index (χ0n) is 14.3. The average molecular weight is 388 g/mol. The molecule has 0 saturated carbocycles. The van der Waals surface area contributed by atoms with E-state index in [1.165, 1.54) is 24.3 Å². The highest BCUT2D eigenvalue weighted by atomic mass is 19.3. The maximum Gasteiger partial charge on any atom is 0.387 e. The summed E-state index contributed by atoms with van der Waals surface area (Å²) in [4.78, 5) is 26.9. The number of nitrogens with two attached hydrogens (primary N) is 1. The number of carbonyl (C=O) groups is 2. The van der Waals surface area contributed by atoms with E-state index in [1.807, 2.05) is 0 Å². The average Bonchev–Trinajstić information content (AvgIpc) is 3.01. The minimum atomic E-state index is -3.02. The predicted molar refractivity (Wildman–Crippen MR) is 94.8 cm³/mol. The molecule has 2 aromatic carbocycles. The fourth-order valence-corrected chi connectivity index (χ4v) is 2.34. The third kappa shape index (κ3) is 4.70. The number of benzene rings is 2. The predicted octanol–water partition coefficient (Wildman–Crippen LogP) is 2.50. The first-order chi connectivity index (χ1) is 13.4. The quantitative estimate of drug-likeness (QED) is 0.580. The molecule has 1 aliphatic rings. The molecule has 7 nitrogen and oxygen atoms in total. The number of esters is 1. The van der Waals surface area contributed by atoms with Gasteiger partial charge in [0.05, 0.1) is 5.56 Å². The van der Waals surface area contributed by atoms with Crippen LogP contribution in [0.1, 0.15) is 11.1 Å². The summed E-state index contributed by atoms with van der Waals surface area (Å²) in [6.07, 6.45) is 1.46. The van der Waals surface area contributed by atoms with Crippen LogP contribution in [0.3, 0.4) is 0 Å². The van der Waals surface area contributed by atoms with Crippen LogP contribution in [0.4, 0.5) is 8.78 Å². The van der Waals surface area contributed by atoms with Gasteiger partial charge < -0.3 is 19.9 Å². The number of alkyl halides is 2. The molecule has 1 aliphatic heterocycles. The minimum Gasteiger partial charge on any atom is -0.484 e. The van der Waals surface area contributed by atoms with Gasteiger partial charge in [0.15, 0.2) is 12.3 Å². The Morgan fingerprint density at radius 3 is 2.57 bits per heavy atom. The van der Waals surface area contributed by atoms with E-state index in [1.54, 1.807) is 30.3 Å². The normalized spacial score (nSPS) is 14.8. The summed E-state index contributed by atoms with van der Waals surface area (Å²) in [5.74, 6) is -1.18. The Morgan fingerprint density at radius 2 is 1.89 bits per heavy atom. The second kappa shape index (κ2) is 8.30. The van der Waals surface area contributed by atoms with Crippen LogP contribution in [-0.4, -0.2) is 31.0 Å². The van der Waals surface area contributed by atoms with Gasteiger partial charge in [-0.2, -0.15) is 8.78 Å². The molecule has 1 heterocycles. The summed E-state index contributed by atoms with van der Waals surface area (Å²) in [5.41, 5.74) is 5.74. The third-order valence-corrected chi connectivity index (χ3v) is 3.52. The summed E-state index contributed by atoms with van der Waals surface area (Å²) in [5, 5.41) is 0. The number of primary amides is 1. The number of amides is 1. The number of nitrogens with zero attached hydrogens (tertiary/aromatic N) is 1. The smallest absolute Gasteiger partial charge is 0.387 e. The first-order valence-corrected chi connectivity index (χ1v) is 8.00. The number of hydrogen-bond acceptors (Lipinski definition) is 6. The molecule has 0 aromatic heterocycles. The van der Waals surface area contributed by atoms with Gasteiger partial charge in [0.1, 0.15) is 11.5 Å². The van der Waals surface area contributed by atoms with Crippen LogP contribution in [0.15, 0.2) is 59.2 Å². The topological polar surface area (TPSA) is 100 Å². The van der Waals surface area contributed by atoms with Gasteiger partial charge in [-0.1, -0.05) is 24.3 Å². The van der Waals surface area contributed by atoms with Gasteiger partial charge in [0.2, 0.25) is 5.90 Å². The molecule has 0 aliphatic carbocycles. The summed E-state index contributed by atoms with van der Waals surface area (Å²) in [7, 11) is 0. The lowest BCUT2D eigenvalue weighted by Crippen LogP contribution is -2.19. The molecule has 0 fully saturated rings. The standard InChI is InChI=1S/C19H14F2N2O5/c20-19(21)27-15-4-2-1-3-13(15)17-23-14(18(25)28-17)9-11-5-7-12(8-6-11)26-10-16(22)24/h1-9,19H,10H2,(H2,22,24). The Hall–Kier alpha value is -3.75. The van der Waals surface area contributed by atoms with E-state index >= 15 is 0 Å². The Balaban J connectivity index is 1.81. The van der Waals surface area contributed by atoms with Crippen LogP contribution in [-0.2, 0) is 14.3 Å². The van der Waals surface area contributed by atoms with Crippen molar-refractivity contribution in [2.45, 2.75) is 6.61 Å². The maximum absolute atomic E-state index is 12.5. The molecule has 2 aromatic rings. The van der Waals surface area contributed by atoms with E-state index in [4.69, 9.17) is 15.2 Å². The number of cyclic esters (lactones) is 1. The molecule has 0 saturated heterocycles. The number of carbonyl (C=O) groups excluding carboxylic acids is 2. The second-order valence-corrected chi connectivity index (χ2v) is 5.53. The van der Waals surface area contributed by atoms with Gasteiger partial charge in [0, 0.05) is 0 Å². The molecule has 28 heavy (non-hydrogen) atoms. The second-order valence-electron chi connectivity index (χ2n) is 5.53. The van der Waals surface area contributed by atoms with Gasteiger partial charge in [0.25, 0.3) is 5.91 Å². The highest BCUT2D eigenvalue weighted by molar-refractivity contribution is 6.13. The van der Waals surface area contributed by atoms with Gasteiger partial charge in [-0.25, -0.2) is 9.79 Å². The Labute approximate surface area is 158 Å². The van der Waals surface area contributed by atoms with Crippen molar-refractivity contribution in [1.29, 1.82) is 0 Å². The lowest BCUT2D eigenvalue weighted by atomic mass is 10.2. The van der Waals surface area contributed by atoms with Crippen molar-refractivity contribution >= 4 is 23.9 Å². The van der Waals surface area contributed by atoms with Crippen molar-refractivity contribution in [2.24, 2.45) is 10.7 Å². The van der Waals surface area contributed by atoms with Crippen molar-refractivity contribution in [3.8, 4) is 11.5 Å². The van der Waals surface area contributed by atoms with Gasteiger partial charge >= 0.3 is 12.6 Å². The van der Waals surface area contributed by atoms with E-state index < -0.39 is 18.5 Å². The number of hydrogen-bond donors (Lipinski definition) is 1. The first kappa shape index (κ1) is 19.0. The molecule has 0 atom stereocenters. The molecule has 2 N–H and O–H groups in total. The van der Waals surface area contributed by atoms with Crippen LogP contribution >= 0.6 is 0 Å². The van der Waals surface area contributed by atoms with Gasteiger partial charge in [-0.05, 0) is 35.9 Å². The zero-order chi connectivity index (χ0) is 20.1. The van der Waals surface area contributed by atoms with Crippen LogP contribution < -0.4 is 15.2 Å². The highest BCUT2D eigenvalue weighted by Crippen LogP contribution is 2.26. The van der Waals surface area contributed by atoms with E-state index in [9.17, 15) is 18.4 Å². The summed E-state index contributed by atoms with van der Waals surface area (Å²) < 4.78 is 39.7. The summed E-state index contributed by atoms with van der Waals surface area (Å²) in [6.45, 7) is -3.27. The molecule has 0 bridgehead atoms. The SMILES string of the molecule is NC(=O)COc1ccc(C=C2N=C(c3ccccc3OC(F)F)OC2=O)cc1. The Bertz CT molecular complexity index is 955. The fraction of sp³-hybridized carbons (Fsp3) is 0.105. The first-order valence-electron chi connectivity index (χ1n) is 8.00. The largest absolute Gasteiger partial charge is 0.484 e. The molecular weight excluding hydrogens is 374 g/mol. The number of halogens is 2. The van der Waals surface area contributed by atoms with Crippen LogP contribution in [0, 0.1) is 0 Å². The number of para-hydroxylation sites is 1. The maximum atomic E-state index is 12.5. The third-order valence-electron chi connectivity index (χ3n) is 3.52. The van der Waals surface area contributed by atoms with E-state index in [0.717, 1.165) is 0 Å². The Kier molecular flexibility index (Phi) is 5.64. The molecule has 9 heteroatoms. The zero-order valence-corrected chi connectivity index (χ0v) is 14.3. The highest BCUT2D eigenvalue weighted by Gasteiger charge is 2.26. The van der Waals surface area contributed by atoms with Crippen LogP contribution in [0.25, 0.3) is 6.08 Å². The van der Waals surface area contributed by atoms with Gasteiger partial charge in [-0.15, -0.1) is 0 Å².